The normalized spacial score (nSPS) is 16.5. The van der Waals surface area contributed by atoms with E-state index >= 15 is 0 Å². The van der Waals surface area contributed by atoms with E-state index < -0.39 is 0 Å². The van der Waals surface area contributed by atoms with Crippen molar-refractivity contribution in [1.82, 2.24) is 19.4 Å². The third-order valence-corrected chi connectivity index (χ3v) is 7.11. The summed E-state index contributed by atoms with van der Waals surface area (Å²) in [4.78, 5) is 40.4. The predicted octanol–water partition coefficient (Wildman–Crippen LogP) is 2.72. The van der Waals surface area contributed by atoms with E-state index in [9.17, 15) is 9.59 Å². The van der Waals surface area contributed by atoms with Gasteiger partial charge in [-0.3, -0.25) is 14.2 Å². The summed E-state index contributed by atoms with van der Waals surface area (Å²) in [5, 5.41) is 1.21. The van der Waals surface area contributed by atoms with Crippen molar-refractivity contribution in [2.45, 2.75) is 26.3 Å². The summed E-state index contributed by atoms with van der Waals surface area (Å²) in [5.74, 6) is 1.69. The SMILES string of the molecule is Cc1c(C(=O)N2CCN(c3ccc(Cl)cn3)CC2)sc2nc3n(c(=O)c12)CCC3. The molecule has 150 valence electrons. The molecule has 3 aromatic heterocycles. The molecule has 0 radical (unpaired) electrons. The summed E-state index contributed by atoms with van der Waals surface area (Å²) in [6.45, 7) is 5.22. The number of carbonyl (C=O) groups is 1. The number of amides is 1. The molecule has 5 heterocycles. The third-order valence-electron chi connectivity index (χ3n) is 5.71. The molecular formula is C20H20ClN5O2S. The second kappa shape index (κ2) is 7.11. The zero-order valence-electron chi connectivity index (χ0n) is 16.0. The highest BCUT2D eigenvalue weighted by molar-refractivity contribution is 7.20. The summed E-state index contributed by atoms with van der Waals surface area (Å²) >= 11 is 7.26. The molecule has 0 aromatic carbocycles. The minimum absolute atomic E-state index is 0.00562. The van der Waals surface area contributed by atoms with E-state index in [1.807, 2.05) is 24.0 Å². The molecule has 3 aromatic rings. The second-order valence-corrected chi connectivity index (χ2v) is 8.87. The Bertz CT molecular complexity index is 1160. The molecule has 1 saturated heterocycles. The van der Waals surface area contributed by atoms with E-state index in [1.165, 1.54) is 11.3 Å². The van der Waals surface area contributed by atoms with Gasteiger partial charge >= 0.3 is 0 Å². The molecule has 29 heavy (non-hydrogen) atoms. The Morgan fingerprint density at radius 1 is 1.17 bits per heavy atom. The van der Waals surface area contributed by atoms with Crippen LogP contribution in [0.5, 0.6) is 0 Å². The van der Waals surface area contributed by atoms with E-state index in [-0.39, 0.29) is 11.5 Å². The van der Waals surface area contributed by atoms with Crippen molar-refractivity contribution in [2.75, 3.05) is 31.1 Å². The molecule has 5 rings (SSSR count). The fourth-order valence-corrected chi connectivity index (χ4v) is 5.39. The van der Waals surface area contributed by atoms with Crippen LogP contribution in [0.4, 0.5) is 5.82 Å². The highest BCUT2D eigenvalue weighted by atomic mass is 35.5. The van der Waals surface area contributed by atoms with Gasteiger partial charge in [0.25, 0.3) is 11.5 Å². The zero-order chi connectivity index (χ0) is 20.1. The van der Waals surface area contributed by atoms with Gasteiger partial charge in [-0.2, -0.15) is 0 Å². The first-order valence-corrected chi connectivity index (χ1v) is 10.9. The number of pyridine rings is 1. The average Bonchev–Trinajstić information content (AvgIpc) is 3.33. The monoisotopic (exact) mass is 429 g/mol. The van der Waals surface area contributed by atoms with Crippen LogP contribution in [0.3, 0.4) is 0 Å². The lowest BCUT2D eigenvalue weighted by Gasteiger charge is -2.35. The summed E-state index contributed by atoms with van der Waals surface area (Å²) in [7, 11) is 0. The van der Waals surface area contributed by atoms with E-state index in [0.717, 1.165) is 36.6 Å². The number of carbonyl (C=O) groups excluding carboxylic acids is 1. The molecule has 0 saturated carbocycles. The van der Waals surface area contributed by atoms with E-state index in [0.29, 0.717) is 46.3 Å². The first kappa shape index (κ1) is 18.6. The smallest absolute Gasteiger partial charge is 0.264 e. The molecule has 7 nitrogen and oxygen atoms in total. The third kappa shape index (κ3) is 3.11. The van der Waals surface area contributed by atoms with Crippen LogP contribution in [0.2, 0.25) is 5.02 Å². The molecule has 1 fully saturated rings. The Hall–Kier alpha value is -2.45. The minimum Gasteiger partial charge on any atom is -0.353 e. The number of aryl methyl sites for hydroxylation is 2. The molecule has 2 aliphatic rings. The maximum atomic E-state index is 13.2. The van der Waals surface area contributed by atoms with E-state index in [1.54, 1.807) is 10.8 Å². The van der Waals surface area contributed by atoms with Crippen LogP contribution < -0.4 is 10.5 Å². The number of thiophene rings is 1. The van der Waals surface area contributed by atoms with Gasteiger partial charge < -0.3 is 9.80 Å². The number of halogens is 1. The first-order valence-electron chi connectivity index (χ1n) is 9.71. The van der Waals surface area contributed by atoms with Gasteiger partial charge in [0.2, 0.25) is 0 Å². The molecule has 0 atom stereocenters. The van der Waals surface area contributed by atoms with Crippen molar-refractivity contribution < 1.29 is 4.79 Å². The molecule has 0 aliphatic carbocycles. The van der Waals surface area contributed by atoms with Gasteiger partial charge in [-0.1, -0.05) is 11.6 Å². The molecule has 0 unspecified atom stereocenters. The average molecular weight is 430 g/mol. The van der Waals surface area contributed by atoms with Crippen LogP contribution in [0.25, 0.3) is 10.2 Å². The van der Waals surface area contributed by atoms with Crippen LogP contribution in [0.15, 0.2) is 23.1 Å². The largest absolute Gasteiger partial charge is 0.353 e. The quantitative estimate of drug-likeness (QED) is 0.626. The lowest BCUT2D eigenvalue weighted by atomic mass is 10.2. The fourth-order valence-electron chi connectivity index (χ4n) is 4.12. The van der Waals surface area contributed by atoms with Crippen molar-refractivity contribution in [3.05, 3.63) is 50.0 Å². The summed E-state index contributed by atoms with van der Waals surface area (Å²) in [6.07, 6.45) is 3.42. The number of anilines is 1. The zero-order valence-corrected chi connectivity index (χ0v) is 17.6. The van der Waals surface area contributed by atoms with Gasteiger partial charge in [-0.25, -0.2) is 9.97 Å². The Morgan fingerprint density at radius 3 is 2.69 bits per heavy atom. The lowest BCUT2D eigenvalue weighted by Crippen LogP contribution is -2.49. The van der Waals surface area contributed by atoms with Crippen molar-refractivity contribution in [3.8, 4) is 0 Å². The molecule has 2 aliphatic heterocycles. The van der Waals surface area contributed by atoms with Gasteiger partial charge in [-0.05, 0) is 31.0 Å². The maximum Gasteiger partial charge on any atom is 0.264 e. The van der Waals surface area contributed by atoms with Gasteiger partial charge in [0, 0.05) is 45.3 Å². The summed E-state index contributed by atoms with van der Waals surface area (Å²) in [5.41, 5.74) is 0.755. The number of hydrogen-bond donors (Lipinski definition) is 0. The number of aromatic nitrogens is 3. The number of nitrogens with zero attached hydrogens (tertiary/aromatic N) is 5. The minimum atomic E-state index is -0.0150. The van der Waals surface area contributed by atoms with Gasteiger partial charge in [-0.15, -0.1) is 11.3 Å². The van der Waals surface area contributed by atoms with Crippen molar-refractivity contribution >= 4 is 44.9 Å². The van der Waals surface area contributed by atoms with Crippen LogP contribution in [0.1, 0.15) is 27.5 Å². The molecule has 0 spiro atoms. The van der Waals surface area contributed by atoms with Crippen LogP contribution in [-0.2, 0) is 13.0 Å². The van der Waals surface area contributed by atoms with Crippen molar-refractivity contribution in [2.24, 2.45) is 0 Å². The molecule has 0 bridgehead atoms. The van der Waals surface area contributed by atoms with Gasteiger partial charge in [0.15, 0.2) is 0 Å². The van der Waals surface area contributed by atoms with Crippen LogP contribution >= 0.6 is 22.9 Å². The Morgan fingerprint density at radius 2 is 1.97 bits per heavy atom. The number of piperazine rings is 1. The van der Waals surface area contributed by atoms with E-state index in [4.69, 9.17) is 11.6 Å². The Kier molecular flexibility index (Phi) is 4.55. The highest BCUT2D eigenvalue weighted by Crippen LogP contribution is 2.30. The maximum absolute atomic E-state index is 13.2. The summed E-state index contributed by atoms with van der Waals surface area (Å²) in [6, 6.07) is 3.72. The van der Waals surface area contributed by atoms with Crippen molar-refractivity contribution in [3.63, 3.8) is 0 Å². The van der Waals surface area contributed by atoms with E-state index in [2.05, 4.69) is 14.9 Å². The molecule has 9 heteroatoms. The topological polar surface area (TPSA) is 71.3 Å². The predicted molar refractivity (Wildman–Crippen MR) is 114 cm³/mol. The number of fused-ring (bicyclic) bond motifs is 2. The lowest BCUT2D eigenvalue weighted by molar-refractivity contribution is 0.0751. The second-order valence-electron chi connectivity index (χ2n) is 7.44. The Balaban J connectivity index is 1.38. The number of rotatable bonds is 2. The number of hydrogen-bond acceptors (Lipinski definition) is 6. The standard InChI is InChI=1S/C20H20ClN5O2S/c1-12-16-18(23-15-3-2-6-26(15)19(16)27)29-17(12)20(28)25-9-7-24(8-10-25)14-5-4-13(21)11-22-14/h4-5,11H,2-3,6-10H2,1H3. The van der Waals surface area contributed by atoms with Crippen LogP contribution in [0, 0.1) is 6.92 Å². The van der Waals surface area contributed by atoms with Crippen LogP contribution in [-0.4, -0.2) is 51.5 Å². The van der Waals surface area contributed by atoms with Crippen molar-refractivity contribution in [1.29, 1.82) is 0 Å². The van der Waals surface area contributed by atoms with Gasteiger partial charge in [0.05, 0.1) is 15.3 Å². The van der Waals surface area contributed by atoms with Gasteiger partial charge in [0.1, 0.15) is 16.5 Å². The molecule has 1 amide bonds. The molecular weight excluding hydrogens is 410 g/mol. The Labute approximate surface area is 176 Å². The summed E-state index contributed by atoms with van der Waals surface area (Å²) < 4.78 is 1.76. The first-order chi connectivity index (χ1) is 14.0. The fraction of sp³-hybridized carbons (Fsp3) is 0.400. The highest BCUT2D eigenvalue weighted by Gasteiger charge is 2.28. The molecule has 0 N–H and O–H groups in total.